The molecular weight excluding hydrogens is 396 g/mol. The summed E-state index contributed by atoms with van der Waals surface area (Å²) in [5.74, 6) is 1.23. The number of aromatic nitrogens is 4. The molecule has 0 atom stereocenters. The van der Waals surface area contributed by atoms with Crippen LogP contribution in [0.4, 0.5) is 0 Å². The van der Waals surface area contributed by atoms with Crippen LogP contribution in [0.25, 0.3) is 28.7 Å². The molecule has 8 nitrogen and oxygen atoms in total. The first-order valence-electron chi connectivity index (χ1n) is 8.52. The third-order valence-electron chi connectivity index (χ3n) is 4.17. The molecule has 9 heteroatoms. The van der Waals surface area contributed by atoms with E-state index in [0.717, 1.165) is 5.69 Å². The van der Waals surface area contributed by atoms with Crippen molar-refractivity contribution in [2.75, 3.05) is 14.2 Å². The number of para-hydroxylation sites is 1. The molecular formula is C20H15ClN4O4. The van der Waals surface area contributed by atoms with Gasteiger partial charge in [-0.3, -0.25) is 4.79 Å². The molecule has 2 heterocycles. The third-order valence-corrected chi connectivity index (χ3v) is 4.42. The monoisotopic (exact) mass is 410 g/mol. The fraction of sp³-hybridized carbons (Fsp3) is 0.100. The zero-order chi connectivity index (χ0) is 20.4. The van der Waals surface area contributed by atoms with Crippen LogP contribution in [0, 0.1) is 0 Å². The molecule has 0 fully saturated rings. The van der Waals surface area contributed by atoms with Crippen LogP contribution in [-0.4, -0.2) is 34.1 Å². The second-order valence-corrected chi connectivity index (χ2v) is 6.35. The molecule has 0 spiro atoms. The molecule has 0 amide bonds. The van der Waals surface area contributed by atoms with Gasteiger partial charge in [-0.2, -0.15) is 10.1 Å². The van der Waals surface area contributed by atoms with Crippen LogP contribution < -0.4 is 14.9 Å². The second kappa shape index (κ2) is 7.76. The highest BCUT2D eigenvalue weighted by molar-refractivity contribution is 6.30. The highest BCUT2D eigenvalue weighted by Crippen LogP contribution is 2.36. The highest BCUT2D eigenvalue weighted by atomic mass is 35.5. The van der Waals surface area contributed by atoms with E-state index in [1.54, 1.807) is 48.7 Å². The maximum atomic E-state index is 12.4. The molecule has 0 aliphatic heterocycles. The van der Waals surface area contributed by atoms with Gasteiger partial charge in [0.25, 0.3) is 5.89 Å². The van der Waals surface area contributed by atoms with Crippen LogP contribution in [0.15, 0.2) is 64.0 Å². The van der Waals surface area contributed by atoms with E-state index < -0.39 is 0 Å². The van der Waals surface area contributed by atoms with Gasteiger partial charge in [-0.15, -0.1) is 0 Å². The highest BCUT2D eigenvalue weighted by Gasteiger charge is 2.20. The van der Waals surface area contributed by atoms with Gasteiger partial charge < -0.3 is 14.0 Å². The maximum Gasteiger partial charge on any atom is 0.282 e. The first kappa shape index (κ1) is 18.7. The Morgan fingerprint density at radius 3 is 2.55 bits per heavy atom. The van der Waals surface area contributed by atoms with Crippen molar-refractivity contribution in [3.05, 3.63) is 70.0 Å². The number of hydrogen-bond acceptors (Lipinski definition) is 7. The maximum absolute atomic E-state index is 12.4. The minimum atomic E-state index is -0.344. The molecule has 2 aromatic heterocycles. The topological polar surface area (TPSA) is 92.3 Å². The lowest BCUT2D eigenvalue weighted by molar-refractivity contribution is 0.355. The summed E-state index contributed by atoms with van der Waals surface area (Å²) in [6, 6.07) is 13.7. The number of methoxy groups -OCH3 is 2. The Hall–Kier alpha value is -3.65. The average Bonchev–Trinajstić information content (AvgIpc) is 3.24. The van der Waals surface area contributed by atoms with Gasteiger partial charge in [0.1, 0.15) is 0 Å². The fourth-order valence-corrected chi connectivity index (χ4v) is 2.91. The van der Waals surface area contributed by atoms with Crippen molar-refractivity contribution >= 4 is 11.6 Å². The number of rotatable bonds is 5. The van der Waals surface area contributed by atoms with Crippen molar-refractivity contribution in [1.82, 2.24) is 19.9 Å². The predicted molar refractivity (Wildman–Crippen MR) is 107 cm³/mol. The van der Waals surface area contributed by atoms with E-state index >= 15 is 0 Å². The van der Waals surface area contributed by atoms with Gasteiger partial charge in [0.05, 0.1) is 25.5 Å². The number of benzene rings is 2. The van der Waals surface area contributed by atoms with Crippen LogP contribution in [0.1, 0.15) is 0 Å². The van der Waals surface area contributed by atoms with Crippen molar-refractivity contribution in [3.63, 3.8) is 0 Å². The summed E-state index contributed by atoms with van der Waals surface area (Å²) in [4.78, 5) is 16.7. The van der Waals surface area contributed by atoms with Gasteiger partial charge >= 0.3 is 0 Å². The van der Waals surface area contributed by atoms with E-state index in [-0.39, 0.29) is 22.8 Å². The molecule has 0 radical (unpaired) electrons. The second-order valence-electron chi connectivity index (χ2n) is 5.91. The first-order valence-corrected chi connectivity index (χ1v) is 8.90. The lowest BCUT2D eigenvalue weighted by Crippen LogP contribution is -2.12. The first-order chi connectivity index (χ1) is 14.1. The van der Waals surface area contributed by atoms with Crippen LogP contribution >= 0.6 is 11.6 Å². The van der Waals surface area contributed by atoms with E-state index in [4.69, 9.17) is 25.6 Å². The summed E-state index contributed by atoms with van der Waals surface area (Å²) in [5, 5.41) is 8.91. The summed E-state index contributed by atoms with van der Waals surface area (Å²) in [6.45, 7) is 0. The predicted octanol–water partition coefficient (Wildman–Crippen LogP) is 3.62. The summed E-state index contributed by atoms with van der Waals surface area (Å²) in [7, 11) is 3.06. The molecule has 0 N–H and O–H groups in total. The van der Waals surface area contributed by atoms with Crippen molar-refractivity contribution in [1.29, 1.82) is 0 Å². The van der Waals surface area contributed by atoms with Crippen molar-refractivity contribution < 1.29 is 14.0 Å². The lowest BCUT2D eigenvalue weighted by Gasteiger charge is -2.09. The number of halogens is 1. The standard InChI is InChI=1S/C20H15ClN4O4/c1-27-16-5-3-4-14(18(16)28-2)19-22-20(29-24-19)17-15(26)10-11-25(23-17)13-8-6-12(21)7-9-13/h3-11H,1-2H3. The van der Waals surface area contributed by atoms with E-state index in [1.807, 2.05) is 0 Å². The van der Waals surface area contributed by atoms with E-state index in [1.165, 1.54) is 25.0 Å². The quantitative estimate of drug-likeness (QED) is 0.496. The van der Waals surface area contributed by atoms with Crippen LogP contribution in [0.5, 0.6) is 11.5 Å². The van der Waals surface area contributed by atoms with Crippen LogP contribution in [0.2, 0.25) is 5.02 Å². The van der Waals surface area contributed by atoms with Gasteiger partial charge in [-0.25, -0.2) is 4.68 Å². The summed E-state index contributed by atoms with van der Waals surface area (Å²) in [5.41, 5.74) is 0.978. The Labute approximate surface area is 170 Å². The van der Waals surface area contributed by atoms with Gasteiger partial charge in [0, 0.05) is 17.3 Å². The molecule has 4 rings (SSSR count). The Balaban J connectivity index is 1.77. The molecule has 146 valence electrons. The zero-order valence-electron chi connectivity index (χ0n) is 15.5. The average molecular weight is 411 g/mol. The Morgan fingerprint density at radius 1 is 1.03 bits per heavy atom. The van der Waals surface area contributed by atoms with Crippen LogP contribution in [0.3, 0.4) is 0 Å². The van der Waals surface area contributed by atoms with Crippen molar-refractivity contribution in [2.45, 2.75) is 0 Å². The summed E-state index contributed by atoms with van der Waals surface area (Å²) < 4.78 is 17.5. The van der Waals surface area contributed by atoms with Crippen molar-refractivity contribution in [2.24, 2.45) is 0 Å². The van der Waals surface area contributed by atoms with Gasteiger partial charge in [-0.1, -0.05) is 22.8 Å². The molecule has 2 aromatic carbocycles. The fourth-order valence-electron chi connectivity index (χ4n) is 2.79. The molecule has 4 aromatic rings. The Morgan fingerprint density at radius 2 is 1.83 bits per heavy atom. The van der Waals surface area contributed by atoms with Gasteiger partial charge in [-0.05, 0) is 36.4 Å². The number of nitrogens with zero attached hydrogens (tertiary/aromatic N) is 4. The molecule has 29 heavy (non-hydrogen) atoms. The molecule has 0 bridgehead atoms. The largest absolute Gasteiger partial charge is 0.493 e. The van der Waals surface area contributed by atoms with E-state index in [0.29, 0.717) is 22.1 Å². The number of ether oxygens (including phenoxy) is 2. The summed E-state index contributed by atoms with van der Waals surface area (Å²) >= 11 is 5.93. The van der Waals surface area contributed by atoms with E-state index in [2.05, 4.69) is 15.2 Å². The Bertz CT molecular complexity index is 1220. The molecule has 0 aliphatic carbocycles. The minimum absolute atomic E-state index is 0.00168. The molecule has 0 aliphatic rings. The lowest BCUT2D eigenvalue weighted by atomic mass is 10.1. The van der Waals surface area contributed by atoms with Crippen molar-refractivity contribution in [3.8, 4) is 40.2 Å². The van der Waals surface area contributed by atoms with Crippen LogP contribution in [-0.2, 0) is 0 Å². The summed E-state index contributed by atoms with van der Waals surface area (Å²) in [6.07, 6.45) is 1.55. The third kappa shape index (κ3) is 3.57. The SMILES string of the molecule is COc1cccc(-c2noc(-c3nn(-c4ccc(Cl)cc4)ccc3=O)n2)c1OC. The number of hydrogen-bond donors (Lipinski definition) is 0. The smallest absolute Gasteiger partial charge is 0.282 e. The molecule has 0 unspecified atom stereocenters. The van der Waals surface area contributed by atoms with Gasteiger partial charge in [0.15, 0.2) is 17.2 Å². The van der Waals surface area contributed by atoms with Gasteiger partial charge in [0.2, 0.25) is 11.3 Å². The normalized spacial score (nSPS) is 10.7. The Kier molecular flexibility index (Phi) is 5.01. The van der Waals surface area contributed by atoms with E-state index in [9.17, 15) is 4.79 Å². The molecule has 0 saturated heterocycles. The molecule has 0 saturated carbocycles. The zero-order valence-corrected chi connectivity index (χ0v) is 16.3. The minimum Gasteiger partial charge on any atom is -0.493 e.